The molecule has 0 saturated heterocycles. The molecule has 0 aliphatic rings. The Hall–Kier alpha value is -1.12. The van der Waals surface area contributed by atoms with E-state index in [0.717, 1.165) is 10.8 Å². The standard InChI is InChI=1S/C10H8Cl2N2/c11-7-1-2-8(12)6-4-10(14)9(13)3-5(6)7/h1-4H,13-14H2. The maximum Gasteiger partial charge on any atom is 0.0554 e. The summed E-state index contributed by atoms with van der Waals surface area (Å²) in [5.74, 6) is 0. The number of nitrogen functional groups attached to an aromatic ring is 2. The first-order valence-corrected chi connectivity index (χ1v) is 4.78. The van der Waals surface area contributed by atoms with Gasteiger partial charge in [-0.05, 0) is 24.3 Å². The molecule has 0 aliphatic carbocycles. The van der Waals surface area contributed by atoms with E-state index in [-0.39, 0.29) is 0 Å². The molecule has 0 bridgehead atoms. The van der Waals surface area contributed by atoms with Crippen molar-refractivity contribution in [1.29, 1.82) is 0 Å². The van der Waals surface area contributed by atoms with E-state index in [9.17, 15) is 0 Å². The molecule has 0 fully saturated rings. The first kappa shape index (κ1) is 9.44. The highest BCUT2D eigenvalue weighted by atomic mass is 35.5. The lowest BCUT2D eigenvalue weighted by Gasteiger charge is -2.06. The van der Waals surface area contributed by atoms with E-state index >= 15 is 0 Å². The molecule has 0 atom stereocenters. The van der Waals surface area contributed by atoms with Gasteiger partial charge in [-0.15, -0.1) is 0 Å². The summed E-state index contributed by atoms with van der Waals surface area (Å²) < 4.78 is 0. The summed E-state index contributed by atoms with van der Waals surface area (Å²) in [5.41, 5.74) is 12.4. The third-order valence-electron chi connectivity index (χ3n) is 2.11. The third kappa shape index (κ3) is 1.37. The molecule has 0 amide bonds. The fourth-order valence-corrected chi connectivity index (χ4v) is 1.79. The van der Waals surface area contributed by atoms with Gasteiger partial charge in [-0.25, -0.2) is 0 Å². The maximum atomic E-state index is 6.00. The van der Waals surface area contributed by atoms with E-state index in [2.05, 4.69) is 0 Å². The van der Waals surface area contributed by atoms with E-state index in [1.54, 1.807) is 24.3 Å². The SMILES string of the molecule is Nc1cc2c(Cl)ccc(Cl)c2cc1N. The lowest BCUT2D eigenvalue weighted by Crippen LogP contribution is -1.94. The van der Waals surface area contributed by atoms with Crippen molar-refractivity contribution in [3.8, 4) is 0 Å². The first-order valence-electron chi connectivity index (χ1n) is 4.02. The molecule has 0 spiro atoms. The molecule has 0 aliphatic heterocycles. The van der Waals surface area contributed by atoms with Gasteiger partial charge in [-0.1, -0.05) is 23.2 Å². The third-order valence-corrected chi connectivity index (χ3v) is 2.77. The molecule has 4 N–H and O–H groups in total. The summed E-state index contributed by atoms with van der Waals surface area (Å²) in [5, 5.41) is 2.89. The van der Waals surface area contributed by atoms with Crippen LogP contribution in [0.4, 0.5) is 11.4 Å². The number of hydrogen-bond acceptors (Lipinski definition) is 2. The minimum absolute atomic E-state index is 0.515. The van der Waals surface area contributed by atoms with Gasteiger partial charge in [-0.3, -0.25) is 0 Å². The largest absolute Gasteiger partial charge is 0.397 e. The van der Waals surface area contributed by atoms with Gasteiger partial charge in [0.2, 0.25) is 0 Å². The molecule has 2 nitrogen and oxygen atoms in total. The van der Waals surface area contributed by atoms with Crippen molar-refractivity contribution in [1.82, 2.24) is 0 Å². The zero-order chi connectivity index (χ0) is 10.3. The number of halogens is 2. The molecule has 0 aromatic heterocycles. The molecule has 0 saturated carbocycles. The topological polar surface area (TPSA) is 52.0 Å². The summed E-state index contributed by atoms with van der Waals surface area (Å²) in [6.07, 6.45) is 0. The van der Waals surface area contributed by atoms with Crippen LogP contribution in [-0.4, -0.2) is 0 Å². The Labute approximate surface area is 91.4 Å². The van der Waals surface area contributed by atoms with Gasteiger partial charge in [0.05, 0.1) is 11.4 Å². The van der Waals surface area contributed by atoms with Crippen LogP contribution in [0.3, 0.4) is 0 Å². The minimum Gasteiger partial charge on any atom is -0.397 e. The van der Waals surface area contributed by atoms with Gasteiger partial charge in [0, 0.05) is 20.8 Å². The van der Waals surface area contributed by atoms with Crippen molar-refractivity contribution in [2.75, 3.05) is 11.5 Å². The quantitative estimate of drug-likeness (QED) is 0.678. The molecule has 14 heavy (non-hydrogen) atoms. The maximum absolute atomic E-state index is 6.00. The summed E-state index contributed by atoms with van der Waals surface area (Å²) in [6, 6.07) is 6.95. The Morgan fingerprint density at radius 3 is 1.50 bits per heavy atom. The van der Waals surface area contributed by atoms with E-state index in [0.29, 0.717) is 21.4 Å². The first-order chi connectivity index (χ1) is 6.59. The number of benzene rings is 2. The van der Waals surface area contributed by atoms with Crippen LogP contribution in [0.5, 0.6) is 0 Å². The van der Waals surface area contributed by atoms with Crippen LogP contribution in [-0.2, 0) is 0 Å². The number of nitrogens with two attached hydrogens (primary N) is 2. The molecular weight excluding hydrogens is 219 g/mol. The smallest absolute Gasteiger partial charge is 0.0554 e. The Balaban J connectivity index is 2.94. The lowest BCUT2D eigenvalue weighted by molar-refractivity contribution is 1.70. The predicted molar refractivity (Wildman–Crippen MR) is 62.8 cm³/mol. The van der Waals surface area contributed by atoms with Crippen LogP contribution in [0, 0.1) is 0 Å². The number of rotatable bonds is 0. The highest BCUT2D eigenvalue weighted by molar-refractivity contribution is 6.40. The molecular formula is C10H8Cl2N2. The van der Waals surface area contributed by atoms with Crippen LogP contribution in [0.2, 0.25) is 10.0 Å². The van der Waals surface area contributed by atoms with Crippen molar-refractivity contribution in [3.05, 3.63) is 34.3 Å². The molecule has 72 valence electrons. The van der Waals surface area contributed by atoms with Crippen LogP contribution >= 0.6 is 23.2 Å². The zero-order valence-corrected chi connectivity index (χ0v) is 8.73. The second-order valence-electron chi connectivity index (χ2n) is 3.06. The Bertz CT molecular complexity index is 462. The fourth-order valence-electron chi connectivity index (χ4n) is 1.35. The van der Waals surface area contributed by atoms with E-state index in [1.807, 2.05) is 0 Å². The molecule has 0 radical (unpaired) electrons. The van der Waals surface area contributed by atoms with Crippen molar-refractivity contribution < 1.29 is 0 Å². The van der Waals surface area contributed by atoms with Crippen molar-refractivity contribution >= 4 is 45.3 Å². The van der Waals surface area contributed by atoms with Gasteiger partial charge in [0.15, 0.2) is 0 Å². The van der Waals surface area contributed by atoms with Crippen molar-refractivity contribution in [2.24, 2.45) is 0 Å². The summed E-state index contributed by atoms with van der Waals surface area (Å²) in [4.78, 5) is 0. The molecule has 0 heterocycles. The van der Waals surface area contributed by atoms with Gasteiger partial charge >= 0.3 is 0 Å². The van der Waals surface area contributed by atoms with Gasteiger partial charge in [-0.2, -0.15) is 0 Å². The van der Waals surface area contributed by atoms with E-state index in [1.165, 1.54) is 0 Å². The Kier molecular flexibility index (Phi) is 2.17. The number of hydrogen-bond donors (Lipinski definition) is 2. The minimum atomic E-state index is 0.515. The average molecular weight is 227 g/mol. The normalized spacial score (nSPS) is 10.7. The summed E-state index contributed by atoms with van der Waals surface area (Å²) in [6.45, 7) is 0. The second-order valence-corrected chi connectivity index (χ2v) is 3.87. The number of anilines is 2. The van der Waals surface area contributed by atoms with E-state index in [4.69, 9.17) is 34.7 Å². The van der Waals surface area contributed by atoms with Crippen molar-refractivity contribution in [3.63, 3.8) is 0 Å². The predicted octanol–water partition coefficient (Wildman–Crippen LogP) is 3.31. The van der Waals surface area contributed by atoms with E-state index < -0.39 is 0 Å². The van der Waals surface area contributed by atoms with Crippen molar-refractivity contribution in [2.45, 2.75) is 0 Å². The van der Waals surface area contributed by atoms with Crippen LogP contribution in [0.15, 0.2) is 24.3 Å². The summed E-state index contributed by atoms with van der Waals surface area (Å²) in [7, 11) is 0. The van der Waals surface area contributed by atoms with Crippen LogP contribution in [0.1, 0.15) is 0 Å². The van der Waals surface area contributed by atoms with Crippen LogP contribution < -0.4 is 11.5 Å². The average Bonchev–Trinajstić information content (AvgIpc) is 2.15. The molecule has 2 rings (SSSR count). The van der Waals surface area contributed by atoms with Gasteiger partial charge in [0.25, 0.3) is 0 Å². The molecule has 2 aromatic carbocycles. The van der Waals surface area contributed by atoms with Crippen LogP contribution in [0.25, 0.3) is 10.8 Å². The number of fused-ring (bicyclic) bond motifs is 1. The van der Waals surface area contributed by atoms with Gasteiger partial charge < -0.3 is 11.5 Å². The second kappa shape index (κ2) is 3.23. The Morgan fingerprint density at radius 1 is 0.786 bits per heavy atom. The molecule has 4 heteroatoms. The molecule has 0 unspecified atom stereocenters. The fraction of sp³-hybridized carbons (Fsp3) is 0. The summed E-state index contributed by atoms with van der Waals surface area (Å²) >= 11 is 12.0. The zero-order valence-electron chi connectivity index (χ0n) is 7.22. The lowest BCUT2D eigenvalue weighted by atomic mass is 10.1. The Morgan fingerprint density at radius 2 is 1.14 bits per heavy atom. The highest BCUT2D eigenvalue weighted by Gasteiger charge is 2.05. The monoisotopic (exact) mass is 226 g/mol. The molecule has 2 aromatic rings. The highest BCUT2D eigenvalue weighted by Crippen LogP contribution is 2.33. The van der Waals surface area contributed by atoms with Gasteiger partial charge in [0.1, 0.15) is 0 Å².